The lowest BCUT2D eigenvalue weighted by atomic mass is 9.99. The van der Waals surface area contributed by atoms with Gasteiger partial charge >= 0.3 is 5.97 Å². The maximum absolute atomic E-state index is 11.9. The normalized spacial score (nSPS) is 18.3. The van der Waals surface area contributed by atoms with Crippen LogP contribution in [0.4, 0.5) is 0 Å². The smallest absolute Gasteiger partial charge is 0.303 e. The number of nitrogens with two attached hydrogens (primary N) is 1. The van der Waals surface area contributed by atoms with Crippen LogP contribution in [-0.2, 0) is 14.3 Å². The van der Waals surface area contributed by atoms with Gasteiger partial charge in [0.2, 0.25) is 5.91 Å². The molecule has 1 unspecified atom stereocenters. The van der Waals surface area contributed by atoms with Crippen molar-refractivity contribution in [1.29, 1.82) is 0 Å². The molecule has 1 saturated heterocycles. The van der Waals surface area contributed by atoms with Crippen molar-refractivity contribution in [2.24, 2.45) is 11.7 Å². The summed E-state index contributed by atoms with van der Waals surface area (Å²) < 4.78 is 5.26. The highest BCUT2D eigenvalue weighted by atomic mass is 16.5. The summed E-state index contributed by atoms with van der Waals surface area (Å²) in [5.74, 6) is -0.646. The van der Waals surface area contributed by atoms with Crippen molar-refractivity contribution in [2.75, 3.05) is 26.8 Å². The van der Waals surface area contributed by atoms with Crippen molar-refractivity contribution in [3.05, 3.63) is 0 Å². The van der Waals surface area contributed by atoms with E-state index in [4.69, 9.17) is 15.6 Å². The van der Waals surface area contributed by atoms with Gasteiger partial charge in [0.05, 0.1) is 6.04 Å². The van der Waals surface area contributed by atoms with Crippen molar-refractivity contribution in [2.45, 2.75) is 31.7 Å². The number of carbonyl (C=O) groups excluding carboxylic acids is 1. The van der Waals surface area contributed by atoms with E-state index >= 15 is 0 Å². The molecule has 6 heteroatoms. The monoisotopic (exact) mass is 258 g/mol. The zero-order chi connectivity index (χ0) is 13.5. The lowest BCUT2D eigenvalue weighted by Crippen LogP contribution is -2.44. The van der Waals surface area contributed by atoms with E-state index in [1.54, 1.807) is 11.9 Å². The third kappa shape index (κ3) is 5.01. The maximum atomic E-state index is 11.9. The van der Waals surface area contributed by atoms with Gasteiger partial charge in [0.25, 0.3) is 0 Å². The first-order chi connectivity index (χ1) is 8.50. The fraction of sp³-hybridized carbons (Fsp3) is 0.833. The minimum absolute atomic E-state index is 0.0714. The lowest BCUT2D eigenvalue weighted by molar-refractivity contribution is -0.137. The molecule has 6 nitrogen and oxygen atoms in total. The molecular formula is C12H22N2O4. The van der Waals surface area contributed by atoms with Crippen molar-refractivity contribution < 1.29 is 19.4 Å². The minimum atomic E-state index is -0.926. The van der Waals surface area contributed by atoms with E-state index in [2.05, 4.69) is 0 Å². The summed E-state index contributed by atoms with van der Waals surface area (Å²) in [6.45, 7) is 2.17. The number of carboxylic acids is 1. The first kappa shape index (κ1) is 14.9. The molecule has 104 valence electrons. The van der Waals surface area contributed by atoms with Gasteiger partial charge in [0, 0.05) is 33.2 Å². The lowest BCUT2D eigenvalue weighted by Gasteiger charge is -2.28. The number of likely N-dealkylation sites (N-methyl/N-ethyl adjacent to an activating group) is 1. The van der Waals surface area contributed by atoms with E-state index in [9.17, 15) is 9.59 Å². The van der Waals surface area contributed by atoms with E-state index in [0.29, 0.717) is 12.5 Å². The van der Waals surface area contributed by atoms with Crippen LogP contribution in [0.1, 0.15) is 25.7 Å². The van der Waals surface area contributed by atoms with Crippen LogP contribution in [-0.4, -0.2) is 54.7 Å². The van der Waals surface area contributed by atoms with E-state index < -0.39 is 12.0 Å². The standard InChI is InChI=1S/C12H22N2O4/c1-14(8-9-4-6-18-7-5-9)12(17)10(13)2-3-11(15)16/h9-10H,2-8,13H2,1H3,(H,15,16). The van der Waals surface area contributed by atoms with Crippen LogP contribution < -0.4 is 5.73 Å². The Morgan fingerprint density at radius 2 is 2.06 bits per heavy atom. The van der Waals surface area contributed by atoms with Crippen LogP contribution in [0.15, 0.2) is 0 Å². The number of carbonyl (C=O) groups is 2. The third-order valence-electron chi connectivity index (χ3n) is 3.24. The van der Waals surface area contributed by atoms with Gasteiger partial charge < -0.3 is 20.5 Å². The van der Waals surface area contributed by atoms with Gasteiger partial charge in [-0.1, -0.05) is 0 Å². The molecule has 0 saturated carbocycles. The summed E-state index contributed by atoms with van der Waals surface area (Å²) in [6.07, 6.45) is 2.04. The molecule has 1 aliphatic heterocycles. The molecule has 1 fully saturated rings. The predicted octanol–water partition coefficient (Wildman–Crippen LogP) is 0.0635. The quantitative estimate of drug-likeness (QED) is 0.703. The summed E-state index contributed by atoms with van der Waals surface area (Å²) in [4.78, 5) is 23.9. The van der Waals surface area contributed by atoms with Crippen LogP contribution in [0.2, 0.25) is 0 Å². The average molecular weight is 258 g/mol. The Morgan fingerprint density at radius 3 is 2.61 bits per heavy atom. The summed E-state index contributed by atoms with van der Waals surface area (Å²) >= 11 is 0. The van der Waals surface area contributed by atoms with Crippen molar-refractivity contribution >= 4 is 11.9 Å². The number of rotatable bonds is 6. The fourth-order valence-electron chi connectivity index (χ4n) is 2.09. The van der Waals surface area contributed by atoms with Crippen LogP contribution in [0, 0.1) is 5.92 Å². The van der Waals surface area contributed by atoms with Gasteiger partial charge in [-0.15, -0.1) is 0 Å². The predicted molar refractivity (Wildman–Crippen MR) is 66.0 cm³/mol. The molecule has 1 aliphatic rings. The highest BCUT2D eigenvalue weighted by Crippen LogP contribution is 2.16. The molecule has 3 N–H and O–H groups in total. The molecule has 0 bridgehead atoms. The Labute approximate surface area is 107 Å². The maximum Gasteiger partial charge on any atom is 0.303 e. The second kappa shape index (κ2) is 7.33. The van der Waals surface area contributed by atoms with Gasteiger partial charge in [-0.05, 0) is 25.2 Å². The molecule has 0 aromatic heterocycles. The summed E-state index contributed by atoms with van der Waals surface area (Å²) in [5.41, 5.74) is 5.69. The van der Waals surface area contributed by atoms with Crippen LogP contribution >= 0.6 is 0 Å². The number of hydrogen-bond donors (Lipinski definition) is 2. The van der Waals surface area contributed by atoms with Gasteiger partial charge in [0.15, 0.2) is 0 Å². The number of nitrogens with zero attached hydrogens (tertiary/aromatic N) is 1. The summed E-state index contributed by atoms with van der Waals surface area (Å²) in [7, 11) is 1.72. The number of aliphatic carboxylic acids is 1. The summed E-state index contributed by atoms with van der Waals surface area (Å²) in [5, 5.41) is 8.55. The van der Waals surface area contributed by atoms with Crippen LogP contribution in [0.25, 0.3) is 0 Å². The van der Waals surface area contributed by atoms with Gasteiger partial charge in [0.1, 0.15) is 0 Å². The Hall–Kier alpha value is -1.14. The van der Waals surface area contributed by atoms with Crippen LogP contribution in [0.3, 0.4) is 0 Å². The first-order valence-corrected chi connectivity index (χ1v) is 6.30. The number of ether oxygens (including phenoxy) is 1. The van der Waals surface area contributed by atoms with Gasteiger partial charge in [-0.3, -0.25) is 9.59 Å². The molecule has 1 rings (SSSR count). The number of carboxylic acid groups (broad SMARTS) is 1. The van der Waals surface area contributed by atoms with Crippen molar-refractivity contribution in [3.8, 4) is 0 Å². The highest BCUT2D eigenvalue weighted by Gasteiger charge is 2.22. The van der Waals surface area contributed by atoms with E-state index in [1.807, 2.05) is 0 Å². The van der Waals surface area contributed by atoms with Crippen molar-refractivity contribution in [3.63, 3.8) is 0 Å². The molecule has 0 spiro atoms. The molecule has 0 aliphatic carbocycles. The highest BCUT2D eigenvalue weighted by molar-refractivity contribution is 5.82. The Morgan fingerprint density at radius 1 is 1.44 bits per heavy atom. The average Bonchev–Trinajstić information content (AvgIpc) is 2.36. The molecule has 0 aromatic carbocycles. The largest absolute Gasteiger partial charge is 0.481 e. The topological polar surface area (TPSA) is 92.9 Å². The Bertz CT molecular complexity index is 290. The molecule has 0 radical (unpaired) electrons. The Kier molecular flexibility index (Phi) is 6.07. The minimum Gasteiger partial charge on any atom is -0.481 e. The first-order valence-electron chi connectivity index (χ1n) is 6.30. The Balaban J connectivity index is 2.32. The fourth-order valence-corrected chi connectivity index (χ4v) is 2.09. The van der Waals surface area contributed by atoms with Crippen LogP contribution in [0.5, 0.6) is 0 Å². The van der Waals surface area contributed by atoms with E-state index in [0.717, 1.165) is 26.1 Å². The number of hydrogen-bond acceptors (Lipinski definition) is 4. The van der Waals surface area contributed by atoms with Gasteiger partial charge in [-0.2, -0.15) is 0 Å². The number of amides is 1. The molecule has 18 heavy (non-hydrogen) atoms. The van der Waals surface area contributed by atoms with E-state index in [1.165, 1.54) is 0 Å². The SMILES string of the molecule is CN(CC1CCOCC1)C(=O)C(N)CCC(=O)O. The van der Waals surface area contributed by atoms with Crippen molar-refractivity contribution in [1.82, 2.24) is 4.90 Å². The summed E-state index contributed by atoms with van der Waals surface area (Å²) in [6, 6.07) is -0.717. The molecular weight excluding hydrogens is 236 g/mol. The molecule has 0 aromatic rings. The second-order valence-electron chi connectivity index (χ2n) is 4.81. The van der Waals surface area contributed by atoms with Gasteiger partial charge in [-0.25, -0.2) is 0 Å². The zero-order valence-corrected chi connectivity index (χ0v) is 10.8. The second-order valence-corrected chi connectivity index (χ2v) is 4.81. The molecule has 1 atom stereocenters. The third-order valence-corrected chi connectivity index (χ3v) is 3.24. The van der Waals surface area contributed by atoms with E-state index in [-0.39, 0.29) is 18.7 Å². The molecule has 1 amide bonds. The molecule has 1 heterocycles. The zero-order valence-electron chi connectivity index (χ0n) is 10.8.